The number of aliphatic imine (C=N–C) groups is 1. The molecule has 1 amide bonds. The van der Waals surface area contributed by atoms with Gasteiger partial charge < -0.3 is 25.4 Å². The van der Waals surface area contributed by atoms with Crippen molar-refractivity contribution >= 4 is 17.7 Å². The van der Waals surface area contributed by atoms with E-state index in [1.807, 2.05) is 45.0 Å². The zero-order valence-corrected chi connectivity index (χ0v) is 15.4. The van der Waals surface area contributed by atoms with Crippen LogP contribution in [0.15, 0.2) is 29.3 Å². The van der Waals surface area contributed by atoms with Crippen LogP contribution in [0.4, 0.5) is 10.5 Å². The predicted octanol–water partition coefficient (Wildman–Crippen LogP) is 2.82. The van der Waals surface area contributed by atoms with Crippen LogP contribution >= 0.6 is 0 Å². The van der Waals surface area contributed by atoms with Gasteiger partial charge in [-0.25, -0.2) is 4.79 Å². The fourth-order valence-corrected chi connectivity index (χ4v) is 2.30. The molecule has 1 fully saturated rings. The standard InChI is InChI=1S/C18H28N4O3/c1-18(2,3)25-17(23)22(14-8-9-14)11-10-20-16(19)21-13-6-5-7-15(12-13)24-4/h5-7,12,14H,8-11H2,1-4H3,(H3,19,20,21). The van der Waals surface area contributed by atoms with Crippen LogP contribution in [0.5, 0.6) is 5.75 Å². The quantitative estimate of drug-likeness (QED) is 0.609. The van der Waals surface area contributed by atoms with Crippen molar-refractivity contribution in [3.63, 3.8) is 0 Å². The zero-order valence-electron chi connectivity index (χ0n) is 15.4. The Kier molecular flexibility index (Phi) is 6.12. The number of carbonyl (C=O) groups excluding carboxylic acids is 1. The molecular formula is C18H28N4O3. The Hall–Kier alpha value is -2.44. The monoisotopic (exact) mass is 348 g/mol. The average molecular weight is 348 g/mol. The van der Waals surface area contributed by atoms with Crippen molar-refractivity contribution in [2.24, 2.45) is 10.7 Å². The second-order valence-corrected chi connectivity index (χ2v) is 7.03. The van der Waals surface area contributed by atoms with Gasteiger partial charge in [-0.2, -0.15) is 0 Å². The van der Waals surface area contributed by atoms with Crippen molar-refractivity contribution in [2.75, 3.05) is 25.5 Å². The maximum atomic E-state index is 12.3. The summed E-state index contributed by atoms with van der Waals surface area (Å²) in [5, 5.41) is 3.02. The minimum atomic E-state index is -0.500. The van der Waals surface area contributed by atoms with Crippen LogP contribution in [-0.2, 0) is 4.74 Å². The van der Waals surface area contributed by atoms with Gasteiger partial charge in [-0.1, -0.05) is 6.07 Å². The maximum absolute atomic E-state index is 12.3. The van der Waals surface area contributed by atoms with Crippen LogP contribution in [-0.4, -0.2) is 48.8 Å². The highest BCUT2D eigenvalue weighted by Gasteiger charge is 2.34. The minimum Gasteiger partial charge on any atom is -0.497 e. The molecule has 0 aliphatic heterocycles. The van der Waals surface area contributed by atoms with Crippen LogP contribution in [0, 0.1) is 0 Å². The predicted molar refractivity (Wildman–Crippen MR) is 99.1 cm³/mol. The fourth-order valence-electron chi connectivity index (χ4n) is 2.30. The van der Waals surface area contributed by atoms with Crippen molar-refractivity contribution in [1.82, 2.24) is 4.90 Å². The van der Waals surface area contributed by atoms with E-state index in [1.165, 1.54) is 0 Å². The van der Waals surface area contributed by atoms with Gasteiger partial charge in [0.15, 0.2) is 5.96 Å². The van der Waals surface area contributed by atoms with Gasteiger partial charge in [0.1, 0.15) is 11.4 Å². The summed E-state index contributed by atoms with van der Waals surface area (Å²) in [6.45, 7) is 6.50. The van der Waals surface area contributed by atoms with Crippen molar-refractivity contribution < 1.29 is 14.3 Å². The third-order valence-electron chi connectivity index (χ3n) is 3.58. The lowest BCUT2D eigenvalue weighted by molar-refractivity contribution is 0.0240. The van der Waals surface area contributed by atoms with Gasteiger partial charge in [0.25, 0.3) is 0 Å². The van der Waals surface area contributed by atoms with Crippen LogP contribution < -0.4 is 15.8 Å². The molecule has 1 saturated carbocycles. The van der Waals surface area contributed by atoms with Gasteiger partial charge in [-0.15, -0.1) is 0 Å². The second kappa shape index (κ2) is 8.09. The highest BCUT2D eigenvalue weighted by atomic mass is 16.6. The molecule has 1 aliphatic carbocycles. The summed E-state index contributed by atoms with van der Waals surface area (Å²) in [6, 6.07) is 7.69. The van der Waals surface area contributed by atoms with E-state index in [2.05, 4.69) is 10.3 Å². The molecule has 7 heteroatoms. The molecule has 25 heavy (non-hydrogen) atoms. The summed E-state index contributed by atoms with van der Waals surface area (Å²) in [4.78, 5) is 18.3. The Labute approximate surface area is 149 Å². The van der Waals surface area contributed by atoms with Gasteiger partial charge >= 0.3 is 6.09 Å². The van der Waals surface area contributed by atoms with E-state index in [0.29, 0.717) is 19.0 Å². The van der Waals surface area contributed by atoms with Crippen molar-refractivity contribution in [2.45, 2.75) is 45.3 Å². The maximum Gasteiger partial charge on any atom is 0.410 e. The first-order valence-corrected chi connectivity index (χ1v) is 8.49. The van der Waals surface area contributed by atoms with Crippen LogP contribution in [0.3, 0.4) is 0 Å². The van der Waals surface area contributed by atoms with Crippen LogP contribution in [0.25, 0.3) is 0 Å². The molecule has 2 rings (SSSR count). The number of nitrogens with one attached hydrogen (secondary N) is 1. The van der Waals surface area contributed by atoms with Gasteiger partial charge in [0, 0.05) is 24.3 Å². The molecule has 0 radical (unpaired) electrons. The number of benzene rings is 1. The first-order valence-electron chi connectivity index (χ1n) is 8.49. The molecule has 0 aromatic heterocycles. The van der Waals surface area contributed by atoms with Crippen molar-refractivity contribution in [1.29, 1.82) is 0 Å². The fraction of sp³-hybridized carbons (Fsp3) is 0.556. The summed E-state index contributed by atoms with van der Waals surface area (Å²) in [5.74, 6) is 1.04. The first-order chi connectivity index (χ1) is 11.8. The number of hydrogen-bond donors (Lipinski definition) is 2. The molecule has 3 N–H and O–H groups in total. The van der Waals surface area contributed by atoms with Crippen LogP contribution in [0.2, 0.25) is 0 Å². The molecule has 138 valence electrons. The van der Waals surface area contributed by atoms with Gasteiger partial charge in [0.2, 0.25) is 0 Å². The summed E-state index contributed by atoms with van der Waals surface area (Å²) >= 11 is 0. The Morgan fingerprint density at radius 3 is 2.72 bits per heavy atom. The van der Waals surface area contributed by atoms with E-state index in [9.17, 15) is 4.79 Å². The van der Waals surface area contributed by atoms with Crippen molar-refractivity contribution in [3.05, 3.63) is 24.3 Å². The molecule has 0 atom stereocenters. The topological polar surface area (TPSA) is 89.2 Å². The SMILES string of the molecule is COc1cccc(NC(N)=NCCN(C(=O)OC(C)(C)C)C2CC2)c1. The Morgan fingerprint density at radius 1 is 1.40 bits per heavy atom. The number of nitrogens with two attached hydrogens (primary N) is 1. The summed E-state index contributed by atoms with van der Waals surface area (Å²) in [6.07, 6.45) is 1.74. The number of carbonyl (C=O) groups is 1. The van der Waals surface area contributed by atoms with E-state index in [0.717, 1.165) is 24.3 Å². The van der Waals surface area contributed by atoms with E-state index < -0.39 is 5.60 Å². The Balaban J connectivity index is 1.87. The van der Waals surface area contributed by atoms with Crippen molar-refractivity contribution in [3.8, 4) is 5.75 Å². The number of rotatable bonds is 6. The zero-order chi connectivity index (χ0) is 18.4. The lowest BCUT2D eigenvalue weighted by Crippen LogP contribution is -2.40. The number of amides is 1. The second-order valence-electron chi connectivity index (χ2n) is 7.03. The van der Waals surface area contributed by atoms with Gasteiger partial charge in [-0.05, 0) is 45.7 Å². The third-order valence-corrected chi connectivity index (χ3v) is 3.58. The van der Waals surface area contributed by atoms with Gasteiger partial charge in [0.05, 0.1) is 13.7 Å². The highest BCUT2D eigenvalue weighted by Crippen LogP contribution is 2.28. The molecule has 1 aliphatic rings. The largest absolute Gasteiger partial charge is 0.497 e. The minimum absolute atomic E-state index is 0.262. The molecule has 0 bridgehead atoms. The molecule has 0 spiro atoms. The molecule has 0 saturated heterocycles. The molecular weight excluding hydrogens is 320 g/mol. The number of nitrogens with zero attached hydrogens (tertiary/aromatic N) is 2. The molecule has 0 heterocycles. The smallest absolute Gasteiger partial charge is 0.410 e. The van der Waals surface area contributed by atoms with E-state index in [4.69, 9.17) is 15.2 Å². The molecule has 7 nitrogen and oxygen atoms in total. The molecule has 1 aromatic rings. The number of methoxy groups -OCH3 is 1. The van der Waals surface area contributed by atoms with E-state index in [1.54, 1.807) is 12.0 Å². The number of hydrogen-bond acceptors (Lipinski definition) is 4. The van der Waals surface area contributed by atoms with E-state index >= 15 is 0 Å². The Morgan fingerprint density at radius 2 is 2.12 bits per heavy atom. The Bertz CT molecular complexity index is 621. The normalized spacial score (nSPS) is 14.8. The molecule has 1 aromatic carbocycles. The lowest BCUT2D eigenvalue weighted by Gasteiger charge is -2.27. The number of guanidine groups is 1. The third kappa shape index (κ3) is 6.52. The highest BCUT2D eigenvalue weighted by molar-refractivity contribution is 5.92. The summed E-state index contributed by atoms with van der Waals surface area (Å²) in [5.41, 5.74) is 6.21. The van der Waals surface area contributed by atoms with Crippen LogP contribution in [0.1, 0.15) is 33.6 Å². The van der Waals surface area contributed by atoms with E-state index in [-0.39, 0.29) is 12.1 Å². The lowest BCUT2D eigenvalue weighted by atomic mass is 10.2. The average Bonchev–Trinajstić information content (AvgIpc) is 3.34. The number of anilines is 1. The number of ether oxygens (including phenoxy) is 2. The molecule has 0 unspecified atom stereocenters. The summed E-state index contributed by atoms with van der Waals surface area (Å²) in [7, 11) is 1.61. The first kappa shape index (κ1) is 18.9. The van der Waals surface area contributed by atoms with Gasteiger partial charge in [-0.3, -0.25) is 4.99 Å². The summed E-state index contributed by atoms with van der Waals surface area (Å²) < 4.78 is 10.6.